The normalized spacial score (nSPS) is 15.7. The van der Waals surface area contributed by atoms with Gasteiger partial charge in [-0.1, -0.05) is 30.3 Å². The second-order valence-electron chi connectivity index (χ2n) is 7.55. The van der Waals surface area contributed by atoms with Crippen LogP contribution in [0.5, 0.6) is 5.88 Å². The molecular weight excluding hydrogens is 364 g/mol. The fourth-order valence-electron chi connectivity index (χ4n) is 3.95. The third kappa shape index (κ3) is 4.00. The Bertz CT molecular complexity index is 1050. The Hall–Kier alpha value is -3.19. The topological polar surface area (TPSA) is 71.9 Å². The van der Waals surface area contributed by atoms with Gasteiger partial charge in [0, 0.05) is 44.1 Å². The molecule has 0 amide bonds. The number of ether oxygens (including phenoxy) is 1. The predicted molar refractivity (Wildman–Crippen MR) is 111 cm³/mol. The van der Waals surface area contributed by atoms with Crippen LogP contribution in [0.3, 0.4) is 0 Å². The molecule has 1 aliphatic heterocycles. The Morgan fingerprint density at radius 3 is 2.66 bits per heavy atom. The Morgan fingerprint density at radius 2 is 1.86 bits per heavy atom. The van der Waals surface area contributed by atoms with E-state index in [4.69, 9.17) is 4.74 Å². The van der Waals surface area contributed by atoms with Crippen LogP contribution in [0, 0.1) is 0 Å². The lowest BCUT2D eigenvalue weighted by molar-refractivity contribution is 0.0944. The third-order valence-corrected chi connectivity index (χ3v) is 5.49. The van der Waals surface area contributed by atoms with Crippen molar-refractivity contribution in [2.45, 2.75) is 32.0 Å². The van der Waals surface area contributed by atoms with Crippen LogP contribution in [0.25, 0.3) is 11.0 Å². The van der Waals surface area contributed by atoms with Crippen LogP contribution >= 0.6 is 0 Å². The lowest BCUT2D eigenvalue weighted by Crippen LogP contribution is -2.37. The van der Waals surface area contributed by atoms with Crippen molar-refractivity contribution in [3.63, 3.8) is 0 Å². The lowest BCUT2D eigenvalue weighted by Gasteiger charge is -2.31. The average Bonchev–Trinajstić information content (AvgIpc) is 3.41. The van der Waals surface area contributed by atoms with E-state index in [0.717, 1.165) is 50.1 Å². The molecule has 0 radical (unpaired) electrons. The molecule has 7 heteroatoms. The Labute approximate surface area is 169 Å². The Balaban J connectivity index is 1.25. The van der Waals surface area contributed by atoms with E-state index in [0.29, 0.717) is 5.88 Å². The zero-order valence-electron chi connectivity index (χ0n) is 16.2. The van der Waals surface area contributed by atoms with E-state index in [2.05, 4.69) is 66.2 Å². The van der Waals surface area contributed by atoms with Crippen LogP contribution in [0.4, 0.5) is 0 Å². The summed E-state index contributed by atoms with van der Waals surface area (Å²) < 4.78 is 8.45. The maximum Gasteiger partial charge on any atom is 0.226 e. The number of nitrogens with zero attached hydrogens (tertiary/aromatic N) is 5. The van der Waals surface area contributed by atoms with Gasteiger partial charge >= 0.3 is 0 Å². The van der Waals surface area contributed by atoms with Gasteiger partial charge in [-0.05, 0) is 24.5 Å². The Kier molecular flexibility index (Phi) is 4.96. The largest absolute Gasteiger partial charge is 0.474 e. The summed E-state index contributed by atoms with van der Waals surface area (Å²) in [6.07, 6.45) is 9.69. The van der Waals surface area contributed by atoms with Crippen molar-refractivity contribution < 1.29 is 4.74 Å². The molecule has 0 bridgehead atoms. The molecule has 5 rings (SSSR count). The molecule has 148 valence electrons. The van der Waals surface area contributed by atoms with Crippen molar-refractivity contribution in [2.75, 3.05) is 13.1 Å². The van der Waals surface area contributed by atoms with Gasteiger partial charge in [0.25, 0.3) is 0 Å². The van der Waals surface area contributed by atoms with Crippen LogP contribution in [-0.2, 0) is 13.1 Å². The van der Waals surface area contributed by atoms with Crippen LogP contribution in [0.2, 0.25) is 0 Å². The highest BCUT2D eigenvalue weighted by atomic mass is 16.5. The summed E-state index contributed by atoms with van der Waals surface area (Å²) in [6.45, 7) is 3.74. The van der Waals surface area contributed by atoms with Crippen molar-refractivity contribution in [3.05, 3.63) is 72.4 Å². The van der Waals surface area contributed by atoms with E-state index >= 15 is 0 Å². The van der Waals surface area contributed by atoms with E-state index in [1.807, 2.05) is 18.5 Å². The number of aromatic amines is 1. The molecule has 1 saturated heterocycles. The molecule has 1 aliphatic rings. The van der Waals surface area contributed by atoms with Gasteiger partial charge in [-0.25, -0.2) is 9.97 Å². The summed E-state index contributed by atoms with van der Waals surface area (Å²) >= 11 is 0. The first-order valence-corrected chi connectivity index (χ1v) is 10.1. The first-order valence-electron chi connectivity index (χ1n) is 10.1. The SMILES string of the molecule is c1ccc(Cn2ccc3c(OC4CCN(Cc5cn[nH]c5)CC4)ncnc32)cc1. The molecule has 4 aromatic rings. The zero-order valence-corrected chi connectivity index (χ0v) is 16.2. The molecule has 0 atom stereocenters. The molecule has 29 heavy (non-hydrogen) atoms. The summed E-state index contributed by atoms with van der Waals surface area (Å²) in [5.41, 5.74) is 3.38. The van der Waals surface area contributed by atoms with Crippen LogP contribution < -0.4 is 4.74 Å². The summed E-state index contributed by atoms with van der Waals surface area (Å²) in [5, 5.41) is 7.88. The summed E-state index contributed by atoms with van der Waals surface area (Å²) in [4.78, 5) is 11.4. The highest BCUT2D eigenvalue weighted by molar-refractivity contribution is 5.81. The number of H-pyrrole nitrogens is 1. The second-order valence-corrected chi connectivity index (χ2v) is 7.55. The minimum atomic E-state index is 0.186. The molecule has 0 saturated carbocycles. The minimum absolute atomic E-state index is 0.186. The molecule has 3 aromatic heterocycles. The molecule has 1 aromatic carbocycles. The van der Waals surface area contributed by atoms with E-state index < -0.39 is 0 Å². The van der Waals surface area contributed by atoms with E-state index in [1.165, 1.54) is 11.1 Å². The number of benzene rings is 1. The van der Waals surface area contributed by atoms with Crippen molar-refractivity contribution in [1.29, 1.82) is 0 Å². The van der Waals surface area contributed by atoms with E-state index in [-0.39, 0.29) is 6.10 Å². The third-order valence-electron chi connectivity index (χ3n) is 5.49. The number of hydrogen-bond acceptors (Lipinski definition) is 5. The molecule has 7 nitrogen and oxygen atoms in total. The van der Waals surface area contributed by atoms with Crippen LogP contribution in [-0.4, -0.2) is 48.8 Å². The maximum atomic E-state index is 6.31. The molecule has 1 fully saturated rings. The summed E-state index contributed by atoms with van der Waals surface area (Å²) in [7, 11) is 0. The number of hydrogen-bond donors (Lipinski definition) is 1. The molecule has 4 heterocycles. The zero-order chi connectivity index (χ0) is 19.5. The fourth-order valence-corrected chi connectivity index (χ4v) is 3.95. The number of piperidine rings is 1. The average molecular weight is 388 g/mol. The standard InChI is InChI=1S/C22H24N6O/c1-2-4-17(5-3-1)15-28-11-8-20-21(28)23-16-24-22(20)29-19-6-9-27(10-7-19)14-18-12-25-26-13-18/h1-5,8,11-13,16,19H,6-7,9-10,14-15H2,(H,25,26). The van der Waals surface area contributed by atoms with Gasteiger partial charge in [0.15, 0.2) is 0 Å². The first-order chi connectivity index (χ1) is 14.3. The Morgan fingerprint density at radius 1 is 1.00 bits per heavy atom. The van der Waals surface area contributed by atoms with Crippen molar-refractivity contribution in [1.82, 2.24) is 29.6 Å². The molecule has 0 unspecified atom stereocenters. The van der Waals surface area contributed by atoms with Crippen molar-refractivity contribution >= 4 is 11.0 Å². The van der Waals surface area contributed by atoms with Gasteiger partial charge in [0.05, 0.1) is 11.6 Å². The highest BCUT2D eigenvalue weighted by Crippen LogP contribution is 2.26. The van der Waals surface area contributed by atoms with Gasteiger partial charge in [-0.15, -0.1) is 0 Å². The second kappa shape index (κ2) is 8.05. The number of nitrogens with one attached hydrogen (secondary N) is 1. The van der Waals surface area contributed by atoms with E-state index in [1.54, 1.807) is 6.33 Å². The van der Waals surface area contributed by atoms with Gasteiger partial charge in [0.1, 0.15) is 18.1 Å². The number of rotatable bonds is 6. The smallest absolute Gasteiger partial charge is 0.226 e. The van der Waals surface area contributed by atoms with Crippen LogP contribution in [0.15, 0.2) is 61.3 Å². The van der Waals surface area contributed by atoms with Gasteiger partial charge in [0.2, 0.25) is 5.88 Å². The molecule has 0 spiro atoms. The highest BCUT2D eigenvalue weighted by Gasteiger charge is 2.22. The number of aromatic nitrogens is 5. The fraction of sp³-hybridized carbons (Fsp3) is 0.318. The monoisotopic (exact) mass is 388 g/mol. The van der Waals surface area contributed by atoms with Gasteiger partial charge in [-0.3, -0.25) is 10.00 Å². The molecule has 1 N–H and O–H groups in total. The van der Waals surface area contributed by atoms with E-state index in [9.17, 15) is 0 Å². The number of fused-ring (bicyclic) bond motifs is 1. The maximum absolute atomic E-state index is 6.31. The predicted octanol–water partition coefficient (Wildman–Crippen LogP) is 3.25. The lowest BCUT2D eigenvalue weighted by atomic mass is 10.1. The number of likely N-dealkylation sites (tertiary alicyclic amines) is 1. The molecular formula is C22H24N6O. The summed E-state index contributed by atoms with van der Waals surface area (Å²) in [6, 6.07) is 12.5. The van der Waals surface area contributed by atoms with Crippen molar-refractivity contribution in [2.24, 2.45) is 0 Å². The van der Waals surface area contributed by atoms with Crippen LogP contribution in [0.1, 0.15) is 24.0 Å². The molecule has 0 aliphatic carbocycles. The summed E-state index contributed by atoms with van der Waals surface area (Å²) in [5.74, 6) is 0.690. The quantitative estimate of drug-likeness (QED) is 0.549. The first kappa shape index (κ1) is 17.9. The minimum Gasteiger partial charge on any atom is -0.474 e. The van der Waals surface area contributed by atoms with Gasteiger partial charge < -0.3 is 9.30 Å². The van der Waals surface area contributed by atoms with Crippen molar-refractivity contribution in [3.8, 4) is 5.88 Å². The van der Waals surface area contributed by atoms with Gasteiger partial charge in [-0.2, -0.15) is 5.10 Å².